The summed E-state index contributed by atoms with van der Waals surface area (Å²) in [5.41, 5.74) is 0.983. The topological polar surface area (TPSA) is 29.0 Å². The van der Waals surface area contributed by atoms with Crippen molar-refractivity contribution in [1.82, 2.24) is 9.97 Å². The first-order valence-corrected chi connectivity index (χ1v) is 6.36. The predicted molar refractivity (Wildman–Crippen MR) is 65.6 cm³/mol. The minimum Gasteiger partial charge on any atom is -0.341 e. The van der Waals surface area contributed by atoms with E-state index in [0.29, 0.717) is 5.15 Å². The standard InChI is InChI=1S/C10H13BrClN3/c1-2-7-8(11)9(12)14-10(13-7)15-5-3-4-6-15/h2-6H2,1H3. The van der Waals surface area contributed by atoms with Gasteiger partial charge in [0, 0.05) is 13.1 Å². The van der Waals surface area contributed by atoms with E-state index in [1.807, 2.05) is 0 Å². The number of hydrogen-bond donors (Lipinski definition) is 0. The van der Waals surface area contributed by atoms with Gasteiger partial charge in [-0.1, -0.05) is 18.5 Å². The molecule has 1 aromatic heterocycles. The van der Waals surface area contributed by atoms with Crippen molar-refractivity contribution in [3.8, 4) is 0 Å². The van der Waals surface area contributed by atoms with Crippen LogP contribution in [-0.2, 0) is 6.42 Å². The summed E-state index contributed by atoms with van der Waals surface area (Å²) in [5.74, 6) is 0.776. The van der Waals surface area contributed by atoms with Crippen molar-refractivity contribution < 1.29 is 0 Å². The van der Waals surface area contributed by atoms with Gasteiger partial charge in [-0.2, -0.15) is 4.98 Å². The van der Waals surface area contributed by atoms with Crippen LogP contribution in [0.5, 0.6) is 0 Å². The molecule has 0 saturated carbocycles. The van der Waals surface area contributed by atoms with Gasteiger partial charge in [0.1, 0.15) is 5.15 Å². The average molecular weight is 291 g/mol. The van der Waals surface area contributed by atoms with Crippen LogP contribution >= 0.6 is 27.5 Å². The quantitative estimate of drug-likeness (QED) is 0.784. The second-order valence-electron chi connectivity index (χ2n) is 3.62. The van der Waals surface area contributed by atoms with Crippen molar-refractivity contribution in [3.63, 3.8) is 0 Å². The molecule has 0 aromatic carbocycles. The minimum absolute atomic E-state index is 0.517. The summed E-state index contributed by atoms with van der Waals surface area (Å²) in [6.45, 7) is 4.15. The Kier molecular flexibility index (Phi) is 3.46. The summed E-state index contributed by atoms with van der Waals surface area (Å²) >= 11 is 9.46. The van der Waals surface area contributed by atoms with Gasteiger partial charge in [-0.15, -0.1) is 0 Å². The highest BCUT2D eigenvalue weighted by Crippen LogP contribution is 2.27. The Labute approximate surface area is 103 Å². The minimum atomic E-state index is 0.517. The van der Waals surface area contributed by atoms with Gasteiger partial charge in [0.05, 0.1) is 10.2 Å². The largest absolute Gasteiger partial charge is 0.341 e. The van der Waals surface area contributed by atoms with Gasteiger partial charge in [0.2, 0.25) is 5.95 Å². The van der Waals surface area contributed by atoms with Crippen LogP contribution in [0.3, 0.4) is 0 Å². The Morgan fingerprint density at radius 1 is 1.33 bits per heavy atom. The molecular weight excluding hydrogens is 277 g/mol. The Balaban J connectivity index is 2.35. The first-order valence-electron chi connectivity index (χ1n) is 5.19. The van der Waals surface area contributed by atoms with Crippen LogP contribution in [0.1, 0.15) is 25.5 Å². The average Bonchev–Trinajstić information content (AvgIpc) is 2.75. The Bertz CT molecular complexity index is 364. The number of hydrogen-bond acceptors (Lipinski definition) is 3. The molecule has 1 saturated heterocycles. The van der Waals surface area contributed by atoms with Crippen molar-refractivity contribution in [3.05, 3.63) is 15.3 Å². The molecule has 2 rings (SSSR count). The van der Waals surface area contributed by atoms with Gasteiger partial charge in [-0.25, -0.2) is 4.98 Å². The zero-order valence-corrected chi connectivity index (χ0v) is 11.0. The van der Waals surface area contributed by atoms with Crippen LogP contribution in [0.4, 0.5) is 5.95 Å². The van der Waals surface area contributed by atoms with Crippen LogP contribution in [0.2, 0.25) is 5.15 Å². The third-order valence-corrected chi connectivity index (χ3v) is 3.93. The number of nitrogens with zero attached hydrogens (tertiary/aromatic N) is 3. The van der Waals surface area contributed by atoms with E-state index >= 15 is 0 Å². The second-order valence-corrected chi connectivity index (χ2v) is 4.77. The van der Waals surface area contributed by atoms with Gasteiger partial charge in [0.15, 0.2) is 0 Å². The van der Waals surface area contributed by atoms with Gasteiger partial charge in [-0.3, -0.25) is 0 Å². The van der Waals surface area contributed by atoms with Crippen molar-refractivity contribution in [2.45, 2.75) is 26.2 Å². The molecule has 0 N–H and O–H groups in total. The highest BCUT2D eigenvalue weighted by Gasteiger charge is 2.17. The van der Waals surface area contributed by atoms with Gasteiger partial charge in [-0.05, 0) is 35.2 Å². The van der Waals surface area contributed by atoms with E-state index in [0.717, 1.165) is 35.6 Å². The SMILES string of the molecule is CCc1nc(N2CCCC2)nc(Cl)c1Br. The first-order chi connectivity index (χ1) is 7.22. The molecule has 1 aliphatic rings. The fraction of sp³-hybridized carbons (Fsp3) is 0.600. The first kappa shape index (κ1) is 11.1. The molecule has 0 atom stereocenters. The molecule has 0 aliphatic carbocycles. The molecule has 0 bridgehead atoms. The molecule has 82 valence electrons. The maximum atomic E-state index is 6.05. The summed E-state index contributed by atoms with van der Waals surface area (Å²) in [4.78, 5) is 11.0. The number of aromatic nitrogens is 2. The molecule has 1 aromatic rings. The molecule has 0 amide bonds. The molecule has 0 radical (unpaired) electrons. The van der Waals surface area contributed by atoms with Crippen LogP contribution in [0.15, 0.2) is 4.47 Å². The second kappa shape index (κ2) is 4.66. The summed E-state index contributed by atoms with van der Waals surface area (Å²) < 4.78 is 0.828. The fourth-order valence-electron chi connectivity index (χ4n) is 1.74. The molecule has 15 heavy (non-hydrogen) atoms. The maximum absolute atomic E-state index is 6.05. The van der Waals surface area contributed by atoms with Crippen molar-refractivity contribution in [2.75, 3.05) is 18.0 Å². The summed E-state index contributed by atoms with van der Waals surface area (Å²) in [6.07, 6.45) is 3.31. The monoisotopic (exact) mass is 289 g/mol. The molecule has 0 spiro atoms. The highest BCUT2D eigenvalue weighted by molar-refractivity contribution is 9.10. The van der Waals surface area contributed by atoms with E-state index in [4.69, 9.17) is 11.6 Å². The lowest BCUT2D eigenvalue weighted by atomic mass is 10.3. The summed E-state index contributed by atoms with van der Waals surface area (Å²) in [6, 6.07) is 0. The zero-order valence-electron chi connectivity index (χ0n) is 8.63. The molecular formula is C10H13BrClN3. The molecule has 0 unspecified atom stereocenters. The third-order valence-electron chi connectivity index (χ3n) is 2.59. The highest BCUT2D eigenvalue weighted by atomic mass is 79.9. The molecule has 3 nitrogen and oxygen atoms in total. The Hall–Kier alpha value is -0.350. The van der Waals surface area contributed by atoms with Gasteiger partial charge < -0.3 is 4.90 Å². The predicted octanol–water partition coefficient (Wildman–Crippen LogP) is 3.06. The Morgan fingerprint density at radius 2 is 2.00 bits per heavy atom. The number of halogens is 2. The van der Waals surface area contributed by atoms with E-state index in [1.54, 1.807) is 0 Å². The summed E-state index contributed by atoms with van der Waals surface area (Å²) in [7, 11) is 0. The molecule has 2 heterocycles. The van der Waals surface area contributed by atoms with Gasteiger partial charge >= 0.3 is 0 Å². The maximum Gasteiger partial charge on any atom is 0.227 e. The van der Waals surface area contributed by atoms with Crippen LogP contribution < -0.4 is 4.90 Å². The third kappa shape index (κ3) is 2.26. The van der Waals surface area contributed by atoms with E-state index in [1.165, 1.54) is 12.8 Å². The normalized spacial score (nSPS) is 16.1. The smallest absolute Gasteiger partial charge is 0.227 e. The Morgan fingerprint density at radius 3 is 2.60 bits per heavy atom. The lowest BCUT2D eigenvalue weighted by Crippen LogP contribution is -2.21. The van der Waals surface area contributed by atoms with E-state index in [9.17, 15) is 0 Å². The fourth-order valence-corrected chi connectivity index (χ4v) is 2.39. The number of anilines is 1. The van der Waals surface area contributed by atoms with E-state index in [2.05, 4.69) is 37.7 Å². The lowest BCUT2D eigenvalue weighted by Gasteiger charge is -2.16. The van der Waals surface area contributed by atoms with Crippen LogP contribution in [0, 0.1) is 0 Å². The molecule has 1 aliphatic heterocycles. The van der Waals surface area contributed by atoms with Crippen molar-refractivity contribution in [1.29, 1.82) is 0 Å². The summed E-state index contributed by atoms with van der Waals surface area (Å²) in [5, 5.41) is 0.517. The van der Waals surface area contributed by atoms with Crippen LogP contribution in [-0.4, -0.2) is 23.1 Å². The molecule has 1 fully saturated rings. The van der Waals surface area contributed by atoms with Crippen LogP contribution in [0.25, 0.3) is 0 Å². The van der Waals surface area contributed by atoms with Crippen molar-refractivity contribution in [2.24, 2.45) is 0 Å². The number of rotatable bonds is 2. The number of aryl methyl sites for hydroxylation is 1. The molecule has 5 heteroatoms. The van der Waals surface area contributed by atoms with Crippen molar-refractivity contribution >= 4 is 33.5 Å². The van der Waals surface area contributed by atoms with Gasteiger partial charge in [0.25, 0.3) is 0 Å². The van der Waals surface area contributed by atoms with E-state index < -0.39 is 0 Å². The zero-order chi connectivity index (χ0) is 10.8. The van der Waals surface area contributed by atoms with E-state index in [-0.39, 0.29) is 0 Å². The lowest BCUT2D eigenvalue weighted by molar-refractivity contribution is 0.870.